The Morgan fingerprint density at radius 3 is 2.83 bits per heavy atom. The molecule has 1 saturated carbocycles. The van der Waals surface area contributed by atoms with Crippen molar-refractivity contribution >= 4 is 5.88 Å². The molecule has 0 spiro atoms. The number of aromatic nitrogens is 1. The van der Waals surface area contributed by atoms with Gasteiger partial charge in [0.2, 0.25) is 17.5 Å². The largest absolute Gasteiger partial charge is 0.423 e. The van der Waals surface area contributed by atoms with Crippen molar-refractivity contribution < 1.29 is 4.42 Å². The van der Waals surface area contributed by atoms with Gasteiger partial charge in [-0.3, -0.25) is 0 Å². The highest BCUT2D eigenvalue weighted by Crippen LogP contribution is 2.54. The summed E-state index contributed by atoms with van der Waals surface area (Å²) >= 11 is 0. The van der Waals surface area contributed by atoms with E-state index in [0.717, 1.165) is 31.8 Å². The molecule has 0 bridgehead atoms. The first kappa shape index (κ1) is 14.3. The van der Waals surface area contributed by atoms with E-state index < -0.39 is 0 Å². The molecule has 4 heteroatoms. The molecule has 2 fully saturated rings. The SMILES string of the molecule is C[C@@H]1CCCN(c2oc([C@@H]3C[C@H]3c3ccccc3)nc2C#N)C1. The van der Waals surface area contributed by atoms with Crippen LogP contribution < -0.4 is 4.90 Å². The summed E-state index contributed by atoms with van der Waals surface area (Å²) in [6, 6.07) is 12.7. The molecule has 4 nitrogen and oxygen atoms in total. The minimum absolute atomic E-state index is 0.320. The second kappa shape index (κ2) is 5.73. The molecule has 1 aromatic heterocycles. The summed E-state index contributed by atoms with van der Waals surface area (Å²) in [5.74, 6) is 2.87. The van der Waals surface area contributed by atoms with E-state index in [4.69, 9.17) is 4.42 Å². The lowest BCUT2D eigenvalue weighted by atomic mass is 10.0. The maximum absolute atomic E-state index is 9.41. The van der Waals surface area contributed by atoms with Crippen molar-refractivity contribution in [1.29, 1.82) is 5.26 Å². The van der Waals surface area contributed by atoms with Crippen LogP contribution in [0, 0.1) is 17.2 Å². The smallest absolute Gasteiger partial charge is 0.234 e. The average Bonchev–Trinajstić information content (AvgIpc) is 3.27. The number of anilines is 1. The number of nitriles is 1. The van der Waals surface area contributed by atoms with Crippen LogP contribution in [0.2, 0.25) is 0 Å². The zero-order valence-electron chi connectivity index (χ0n) is 13.4. The third kappa shape index (κ3) is 2.72. The van der Waals surface area contributed by atoms with Crippen LogP contribution in [0.5, 0.6) is 0 Å². The number of hydrogen-bond donors (Lipinski definition) is 0. The first-order valence-corrected chi connectivity index (χ1v) is 8.47. The Bertz CT molecular complexity index is 731. The Morgan fingerprint density at radius 2 is 2.09 bits per heavy atom. The monoisotopic (exact) mass is 307 g/mol. The van der Waals surface area contributed by atoms with E-state index >= 15 is 0 Å². The van der Waals surface area contributed by atoms with Gasteiger partial charge in [0.25, 0.3) is 0 Å². The second-order valence-corrected chi connectivity index (χ2v) is 6.87. The minimum atomic E-state index is 0.320. The molecular weight excluding hydrogens is 286 g/mol. The molecule has 3 atom stereocenters. The molecule has 1 saturated heterocycles. The Kier molecular flexibility index (Phi) is 3.57. The van der Waals surface area contributed by atoms with Crippen molar-refractivity contribution in [3.8, 4) is 6.07 Å². The average molecular weight is 307 g/mol. The highest BCUT2D eigenvalue weighted by Gasteiger charge is 2.44. The molecule has 1 aliphatic heterocycles. The van der Waals surface area contributed by atoms with E-state index in [1.54, 1.807) is 0 Å². The Hall–Kier alpha value is -2.28. The molecule has 118 valence electrons. The molecule has 2 aromatic rings. The molecule has 0 radical (unpaired) electrons. The summed E-state index contributed by atoms with van der Waals surface area (Å²) in [5, 5.41) is 9.41. The Balaban J connectivity index is 1.56. The number of oxazole rings is 1. The van der Waals surface area contributed by atoms with E-state index in [1.807, 2.05) is 6.07 Å². The van der Waals surface area contributed by atoms with Gasteiger partial charge in [-0.15, -0.1) is 0 Å². The summed E-state index contributed by atoms with van der Waals surface area (Å²) in [4.78, 5) is 6.69. The van der Waals surface area contributed by atoms with E-state index in [2.05, 4.69) is 47.1 Å². The van der Waals surface area contributed by atoms with E-state index in [-0.39, 0.29) is 0 Å². The zero-order valence-corrected chi connectivity index (χ0v) is 13.4. The number of piperidine rings is 1. The molecule has 2 aliphatic rings. The van der Waals surface area contributed by atoms with Crippen LogP contribution in [-0.2, 0) is 0 Å². The van der Waals surface area contributed by atoms with Gasteiger partial charge in [-0.05, 0) is 36.7 Å². The lowest BCUT2D eigenvalue weighted by molar-refractivity contribution is 0.410. The van der Waals surface area contributed by atoms with Crippen LogP contribution >= 0.6 is 0 Å². The lowest BCUT2D eigenvalue weighted by Gasteiger charge is -2.30. The van der Waals surface area contributed by atoms with Crippen molar-refractivity contribution in [3.63, 3.8) is 0 Å². The fourth-order valence-electron chi connectivity index (χ4n) is 3.68. The van der Waals surface area contributed by atoms with Gasteiger partial charge in [-0.1, -0.05) is 37.3 Å². The van der Waals surface area contributed by atoms with Crippen molar-refractivity contribution in [2.45, 2.75) is 38.0 Å². The highest BCUT2D eigenvalue weighted by atomic mass is 16.4. The summed E-state index contributed by atoms with van der Waals surface area (Å²) in [6.07, 6.45) is 3.46. The molecule has 1 aromatic carbocycles. The molecule has 0 N–H and O–H groups in total. The topological polar surface area (TPSA) is 53.1 Å². The van der Waals surface area contributed by atoms with Crippen LogP contribution in [0.1, 0.15) is 55.2 Å². The van der Waals surface area contributed by atoms with Crippen LogP contribution in [0.15, 0.2) is 34.7 Å². The van der Waals surface area contributed by atoms with Crippen molar-refractivity contribution in [1.82, 2.24) is 4.98 Å². The molecular formula is C19H21N3O. The lowest BCUT2D eigenvalue weighted by Crippen LogP contribution is -2.34. The molecule has 0 unspecified atom stereocenters. The molecule has 4 rings (SSSR count). The van der Waals surface area contributed by atoms with Gasteiger partial charge in [-0.25, -0.2) is 4.98 Å². The maximum atomic E-state index is 9.41. The van der Waals surface area contributed by atoms with Crippen LogP contribution in [0.25, 0.3) is 0 Å². The molecule has 23 heavy (non-hydrogen) atoms. The van der Waals surface area contributed by atoms with E-state index in [1.165, 1.54) is 12.0 Å². The van der Waals surface area contributed by atoms with Gasteiger partial charge < -0.3 is 9.32 Å². The third-order valence-electron chi connectivity index (χ3n) is 5.01. The number of hydrogen-bond acceptors (Lipinski definition) is 4. The van der Waals surface area contributed by atoms with Gasteiger partial charge in [-0.2, -0.15) is 5.26 Å². The fraction of sp³-hybridized carbons (Fsp3) is 0.474. The number of rotatable bonds is 3. The summed E-state index contributed by atoms with van der Waals surface area (Å²) < 4.78 is 6.06. The summed E-state index contributed by atoms with van der Waals surface area (Å²) in [5.41, 5.74) is 1.79. The van der Waals surface area contributed by atoms with E-state index in [0.29, 0.717) is 29.3 Å². The molecule has 1 aliphatic carbocycles. The predicted octanol–water partition coefficient (Wildman–Crippen LogP) is 4.05. The molecule has 2 heterocycles. The van der Waals surface area contributed by atoms with Crippen LogP contribution in [0.3, 0.4) is 0 Å². The van der Waals surface area contributed by atoms with Crippen molar-refractivity contribution in [2.75, 3.05) is 18.0 Å². The standard InChI is InChI=1S/C19H21N3O/c1-13-6-5-9-22(12-13)19-17(11-20)21-18(23-19)16-10-15(16)14-7-3-2-4-8-14/h2-4,7-8,13,15-16H,5-6,9-10,12H2,1H3/t13-,15+,16-/m1/s1. The van der Waals surface area contributed by atoms with Gasteiger partial charge >= 0.3 is 0 Å². The maximum Gasteiger partial charge on any atom is 0.234 e. The quantitative estimate of drug-likeness (QED) is 0.858. The van der Waals surface area contributed by atoms with Crippen LogP contribution in [0.4, 0.5) is 5.88 Å². The normalized spacial score (nSPS) is 26.8. The van der Waals surface area contributed by atoms with E-state index in [9.17, 15) is 5.26 Å². The molecule has 0 amide bonds. The predicted molar refractivity (Wildman–Crippen MR) is 88.4 cm³/mol. The van der Waals surface area contributed by atoms with Gasteiger partial charge in [0.05, 0.1) is 0 Å². The fourth-order valence-corrected chi connectivity index (χ4v) is 3.68. The number of benzene rings is 1. The highest BCUT2D eigenvalue weighted by molar-refractivity contribution is 5.49. The third-order valence-corrected chi connectivity index (χ3v) is 5.01. The summed E-state index contributed by atoms with van der Waals surface area (Å²) in [6.45, 7) is 4.17. The van der Waals surface area contributed by atoms with Gasteiger partial charge in [0.1, 0.15) is 6.07 Å². The van der Waals surface area contributed by atoms with Crippen molar-refractivity contribution in [2.24, 2.45) is 5.92 Å². The van der Waals surface area contributed by atoms with Gasteiger partial charge in [0.15, 0.2) is 0 Å². The Labute approximate surface area is 136 Å². The minimum Gasteiger partial charge on any atom is -0.423 e. The summed E-state index contributed by atoms with van der Waals surface area (Å²) in [7, 11) is 0. The van der Waals surface area contributed by atoms with Crippen molar-refractivity contribution in [3.05, 3.63) is 47.5 Å². The van der Waals surface area contributed by atoms with Crippen LogP contribution in [-0.4, -0.2) is 18.1 Å². The second-order valence-electron chi connectivity index (χ2n) is 6.87. The zero-order chi connectivity index (χ0) is 15.8. The Morgan fingerprint density at radius 1 is 1.26 bits per heavy atom. The first-order valence-electron chi connectivity index (χ1n) is 8.47. The number of nitrogens with zero attached hydrogens (tertiary/aromatic N) is 3. The van der Waals surface area contributed by atoms with Gasteiger partial charge in [0, 0.05) is 19.0 Å². The first-order chi connectivity index (χ1) is 11.3.